The number of benzene rings is 1. The van der Waals surface area contributed by atoms with E-state index in [0.29, 0.717) is 38.5 Å². The van der Waals surface area contributed by atoms with Gasteiger partial charge >= 0.3 is 6.03 Å². The molecule has 0 unspecified atom stereocenters. The SMILES string of the molecule is O=C(NCc1ccco1)N1CCOC[C@@H]1C[C@@H](O)c1ccccc1. The summed E-state index contributed by atoms with van der Waals surface area (Å²) >= 11 is 0. The van der Waals surface area contributed by atoms with E-state index in [9.17, 15) is 9.90 Å². The molecule has 2 atom stereocenters. The van der Waals surface area contributed by atoms with Gasteiger partial charge in [0.05, 0.1) is 38.2 Å². The maximum absolute atomic E-state index is 12.5. The number of aliphatic hydroxyl groups is 1. The van der Waals surface area contributed by atoms with E-state index < -0.39 is 6.10 Å². The molecular formula is C18H22N2O4. The first-order valence-electron chi connectivity index (χ1n) is 8.11. The first kappa shape index (κ1) is 16.5. The molecule has 6 heteroatoms. The summed E-state index contributed by atoms with van der Waals surface area (Å²) in [6.07, 6.45) is 1.39. The highest BCUT2D eigenvalue weighted by molar-refractivity contribution is 5.74. The number of morpholine rings is 1. The Morgan fingerprint density at radius 3 is 2.88 bits per heavy atom. The molecule has 0 saturated carbocycles. The van der Waals surface area contributed by atoms with E-state index in [-0.39, 0.29) is 12.1 Å². The molecule has 0 spiro atoms. The number of furan rings is 1. The molecule has 1 aromatic heterocycles. The summed E-state index contributed by atoms with van der Waals surface area (Å²) in [4.78, 5) is 14.2. The van der Waals surface area contributed by atoms with Crippen LogP contribution in [0.5, 0.6) is 0 Å². The molecule has 2 aromatic rings. The highest BCUT2D eigenvalue weighted by Crippen LogP contribution is 2.22. The van der Waals surface area contributed by atoms with E-state index in [1.54, 1.807) is 17.2 Å². The molecule has 2 heterocycles. The highest BCUT2D eigenvalue weighted by atomic mass is 16.5. The Balaban J connectivity index is 1.59. The van der Waals surface area contributed by atoms with E-state index >= 15 is 0 Å². The van der Waals surface area contributed by atoms with E-state index in [2.05, 4.69) is 5.32 Å². The Labute approximate surface area is 141 Å². The third kappa shape index (κ3) is 4.15. The third-order valence-corrected chi connectivity index (χ3v) is 4.16. The van der Waals surface area contributed by atoms with Gasteiger partial charge in [-0.2, -0.15) is 0 Å². The van der Waals surface area contributed by atoms with Gasteiger partial charge in [-0.15, -0.1) is 0 Å². The van der Waals surface area contributed by atoms with Crippen molar-refractivity contribution in [2.45, 2.75) is 25.1 Å². The van der Waals surface area contributed by atoms with Crippen molar-refractivity contribution in [2.24, 2.45) is 0 Å². The number of nitrogens with one attached hydrogen (secondary N) is 1. The molecule has 3 rings (SSSR count). The van der Waals surface area contributed by atoms with Crippen LogP contribution in [0.2, 0.25) is 0 Å². The van der Waals surface area contributed by atoms with E-state index in [1.807, 2.05) is 36.4 Å². The summed E-state index contributed by atoms with van der Waals surface area (Å²) in [6.45, 7) is 1.79. The van der Waals surface area contributed by atoms with Crippen molar-refractivity contribution in [1.82, 2.24) is 10.2 Å². The maximum atomic E-state index is 12.5. The summed E-state index contributed by atoms with van der Waals surface area (Å²) < 4.78 is 10.7. The second-order valence-electron chi connectivity index (χ2n) is 5.82. The zero-order chi connectivity index (χ0) is 16.8. The normalized spacial score (nSPS) is 19.0. The van der Waals surface area contributed by atoms with E-state index in [4.69, 9.17) is 9.15 Å². The second kappa shape index (κ2) is 7.99. The van der Waals surface area contributed by atoms with Crippen molar-refractivity contribution < 1.29 is 19.1 Å². The third-order valence-electron chi connectivity index (χ3n) is 4.16. The number of rotatable bonds is 5. The fourth-order valence-electron chi connectivity index (χ4n) is 2.86. The van der Waals surface area contributed by atoms with Crippen molar-refractivity contribution >= 4 is 6.03 Å². The van der Waals surface area contributed by atoms with Crippen molar-refractivity contribution in [1.29, 1.82) is 0 Å². The highest BCUT2D eigenvalue weighted by Gasteiger charge is 2.29. The molecule has 6 nitrogen and oxygen atoms in total. The van der Waals surface area contributed by atoms with Gasteiger partial charge in [-0.1, -0.05) is 30.3 Å². The van der Waals surface area contributed by atoms with Crippen LogP contribution in [0.25, 0.3) is 0 Å². The molecule has 0 aliphatic carbocycles. The smallest absolute Gasteiger partial charge is 0.318 e. The molecule has 128 valence electrons. The van der Waals surface area contributed by atoms with Gasteiger partial charge < -0.3 is 24.5 Å². The van der Waals surface area contributed by atoms with Crippen LogP contribution in [-0.4, -0.2) is 41.8 Å². The van der Waals surface area contributed by atoms with Crippen molar-refractivity contribution in [3.05, 3.63) is 60.1 Å². The number of carbonyl (C=O) groups excluding carboxylic acids is 1. The van der Waals surface area contributed by atoms with Gasteiger partial charge in [0.2, 0.25) is 0 Å². The fraction of sp³-hybridized carbons (Fsp3) is 0.389. The Morgan fingerprint density at radius 2 is 2.12 bits per heavy atom. The lowest BCUT2D eigenvalue weighted by Gasteiger charge is -2.36. The minimum Gasteiger partial charge on any atom is -0.467 e. The van der Waals surface area contributed by atoms with Crippen LogP contribution in [0, 0.1) is 0 Å². The van der Waals surface area contributed by atoms with Gasteiger partial charge in [0, 0.05) is 13.0 Å². The Bertz CT molecular complexity index is 630. The average molecular weight is 330 g/mol. The molecule has 1 aliphatic rings. The summed E-state index contributed by atoms with van der Waals surface area (Å²) in [5.74, 6) is 0.706. The van der Waals surface area contributed by atoms with Gasteiger partial charge in [0.25, 0.3) is 0 Å². The predicted octanol–water partition coefficient (Wildman–Crippen LogP) is 2.31. The molecule has 1 fully saturated rings. The number of aliphatic hydroxyl groups excluding tert-OH is 1. The molecule has 1 aromatic carbocycles. The van der Waals surface area contributed by atoms with Crippen LogP contribution >= 0.6 is 0 Å². The predicted molar refractivity (Wildman–Crippen MR) is 88.3 cm³/mol. The number of nitrogens with zero attached hydrogens (tertiary/aromatic N) is 1. The van der Waals surface area contributed by atoms with E-state index in [0.717, 1.165) is 5.56 Å². The minimum absolute atomic E-state index is 0.162. The molecule has 1 saturated heterocycles. The quantitative estimate of drug-likeness (QED) is 0.882. The molecule has 0 radical (unpaired) electrons. The van der Waals surface area contributed by atoms with Gasteiger partial charge in [0.1, 0.15) is 5.76 Å². The van der Waals surface area contributed by atoms with Gasteiger partial charge in [-0.25, -0.2) is 4.79 Å². The Morgan fingerprint density at radius 1 is 1.29 bits per heavy atom. The molecule has 0 bridgehead atoms. The number of carbonyl (C=O) groups is 1. The van der Waals surface area contributed by atoms with Crippen LogP contribution in [0.4, 0.5) is 4.79 Å². The molecule has 2 N–H and O–H groups in total. The first-order valence-corrected chi connectivity index (χ1v) is 8.11. The number of hydrogen-bond donors (Lipinski definition) is 2. The lowest BCUT2D eigenvalue weighted by atomic mass is 10.0. The molecule has 24 heavy (non-hydrogen) atoms. The summed E-state index contributed by atoms with van der Waals surface area (Å²) in [5.41, 5.74) is 0.846. The topological polar surface area (TPSA) is 74.9 Å². The number of ether oxygens (including phenoxy) is 1. The molecular weight excluding hydrogens is 308 g/mol. The number of amides is 2. The minimum atomic E-state index is -0.627. The zero-order valence-corrected chi connectivity index (χ0v) is 13.4. The molecule has 2 amide bonds. The Hall–Kier alpha value is -2.31. The monoisotopic (exact) mass is 330 g/mol. The number of urea groups is 1. The van der Waals surface area contributed by atoms with Crippen LogP contribution in [-0.2, 0) is 11.3 Å². The summed E-state index contributed by atoms with van der Waals surface area (Å²) in [6, 6.07) is 12.7. The van der Waals surface area contributed by atoms with Gasteiger partial charge in [0.15, 0.2) is 0 Å². The Kier molecular flexibility index (Phi) is 5.51. The summed E-state index contributed by atoms with van der Waals surface area (Å²) in [7, 11) is 0. The number of hydrogen-bond acceptors (Lipinski definition) is 4. The fourth-order valence-corrected chi connectivity index (χ4v) is 2.86. The molecule has 1 aliphatic heterocycles. The van der Waals surface area contributed by atoms with Crippen LogP contribution < -0.4 is 5.32 Å². The zero-order valence-electron chi connectivity index (χ0n) is 13.4. The maximum Gasteiger partial charge on any atom is 0.318 e. The lowest BCUT2D eigenvalue weighted by molar-refractivity contribution is -0.00705. The summed E-state index contributed by atoms with van der Waals surface area (Å²) in [5, 5.41) is 13.3. The van der Waals surface area contributed by atoms with Crippen molar-refractivity contribution in [3.8, 4) is 0 Å². The average Bonchev–Trinajstić information content (AvgIpc) is 3.14. The van der Waals surface area contributed by atoms with Crippen LogP contribution in [0.3, 0.4) is 0 Å². The second-order valence-corrected chi connectivity index (χ2v) is 5.82. The first-order chi connectivity index (χ1) is 11.7. The lowest BCUT2D eigenvalue weighted by Crippen LogP contribution is -2.52. The van der Waals surface area contributed by atoms with E-state index in [1.165, 1.54) is 0 Å². The van der Waals surface area contributed by atoms with Crippen molar-refractivity contribution in [3.63, 3.8) is 0 Å². The van der Waals surface area contributed by atoms with Crippen molar-refractivity contribution in [2.75, 3.05) is 19.8 Å². The standard InChI is InChI=1S/C18H22N2O4/c21-17(14-5-2-1-3-6-14)11-15-13-23-10-8-20(15)18(22)19-12-16-7-4-9-24-16/h1-7,9,15,17,21H,8,10-13H2,(H,19,22)/t15-,17+/m0/s1. The van der Waals surface area contributed by atoms with Gasteiger partial charge in [-0.05, 0) is 17.7 Å². The van der Waals surface area contributed by atoms with Gasteiger partial charge in [-0.3, -0.25) is 0 Å². The largest absolute Gasteiger partial charge is 0.467 e. The van der Waals surface area contributed by atoms with Crippen LogP contribution in [0.1, 0.15) is 23.8 Å². The van der Waals surface area contributed by atoms with Crippen LogP contribution in [0.15, 0.2) is 53.1 Å².